The van der Waals surface area contributed by atoms with Gasteiger partial charge in [0, 0.05) is 24.7 Å². The molecule has 0 spiro atoms. The van der Waals surface area contributed by atoms with E-state index in [4.69, 9.17) is 9.47 Å². The van der Waals surface area contributed by atoms with Crippen LogP contribution in [0.15, 0.2) is 48.5 Å². The van der Waals surface area contributed by atoms with Gasteiger partial charge in [-0.05, 0) is 18.2 Å². The molecule has 4 nitrogen and oxygen atoms in total. The van der Waals surface area contributed by atoms with E-state index in [2.05, 4.69) is 0 Å². The molecule has 21 heavy (non-hydrogen) atoms. The number of nitrogens with zero attached hydrogens (tertiary/aromatic N) is 1. The molecule has 2 aromatic carbocycles. The third-order valence-electron chi connectivity index (χ3n) is 3.26. The summed E-state index contributed by atoms with van der Waals surface area (Å²) in [6.45, 7) is 0.452. The van der Waals surface area contributed by atoms with E-state index in [1.807, 2.05) is 48.5 Å². The SMILES string of the molecule is COc1cccc(CN(C)C(=O)c2ccccc2)c1OC. The molecule has 0 unspecified atom stereocenters. The van der Waals surface area contributed by atoms with E-state index in [0.717, 1.165) is 5.56 Å². The average Bonchev–Trinajstić information content (AvgIpc) is 2.54. The number of hydrogen-bond donors (Lipinski definition) is 0. The lowest BCUT2D eigenvalue weighted by atomic mass is 10.1. The summed E-state index contributed by atoms with van der Waals surface area (Å²) < 4.78 is 10.7. The van der Waals surface area contributed by atoms with E-state index >= 15 is 0 Å². The van der Waals surface area contributed by atoms with Crippen molar-refractivity contribution >= 4 is 5.91 Å². The van der Waals surface area contributed by atoms with Gasteiger partial charge in [-0.3, -0.25) is 4.79 Å². The summed E-state index contributed by atoms with van der Waals surface area (Å²) in [5, 5.41) is 0. The molecule has 2 rings (SSSR count). The molecule has 0 atom stereocenters. The van der Waals surface area contributed by atoms with Crippen LogP contribution in [0.25, 0.3) is 0 Å². The van der Waals surface area contributed by atoms with Crippen LogP contribution in [-0.2, 0) is 6.54 Å². The van der Waals surface area contributed by atoms with Crippen molar-refractivity contribution < 1.29 is 14.3 Å². The Bertz CT molecular complexity index is 611. The molecule has 0 N–H and O–H groups in total. The van der Waals surface area contributed by atoms with E-state index in [-0.39, 0.29) is 5.91 Å². The summed E-state index contributed by atoms with van der Waals surface area (Å²) in [6, 6.07) is 14.9. The van der Waals surface area contributed by atoms with Crippen molar-refractivity contribution in [2.75, 3.05) is 21.3 Å². The minimum Gasteiger partial charge on any atom is -0.493 e. The molecule has 0 aliphatic heterocycles. The van der Waals surface area contributed by atoms with Gasteiger partial charge in [-0.25, -0.2) is 0 Å². The van der Waals surface area contributed by atoms with E-state index in [0.29, 0.717) is 23.6 Å². The van der Waals surface area contributed by atoms with E-state index in [1.165, 1.54) is 0 Å². The first-order valence-electron chi connectivity index (χ1n) is 6.67. The van der Waals surface area contributed by atoms with Crippen LogP contribution >= 0.6 is 0 Å². The molecule has 0 heterocycles. The van der Waals surface area contributed by atoms with Gasteiger partial charge in [0.05, 0.1) is 14.2 Å². The van der Waals surface area contributed by atoms with Crippen molar-refractivity contribution in [1.29, 1.82) is 0 Å². The zero-order valence-corrected chi connectivity index (χ0v) is 12.5. The van der Waals surface area contributed by atoms with Gasteiger partial charge in [-0.2, -0.15) is 0 Å². The van der Waals surface area contributed by atoms with Crippen molar-refractivity contribution in [3.8, 4) is 11.5 Å². The van der Waals surface area contributed by atoms with Gasteiger partial charge in [0.25, 0.3) is 5.91 Å². The summed E-state index contributed by atoms with van der Waals surface area (Å²) >= 11 is 0. The number of ether oxygens (including phenoxy) is 2. The standard InChI is InChI=1S/C17H19NO3/c1-18(17(19)13-8-5-4-6-9-13)12-14-10-7-11-15(20-2)16(14)21-3/h4-11H,12H2,1-3H3. The highest BCUT2D eigenvalue weighted by molar-refractivity contribution is 5.94. The third-order valence-corrected chi connectivity index (χ3v) is 3.26. The molecule has 0 aliphatic rings. The second kappa shape index (κ2) is 6.79. The molecule has 4 heteroatoms. The molecule has 2 aromatic rings. The molecular weight excluding hydrogens is 266 g/mol. The number of amides is 1. The Balaban J connectivity index is 2.20. The number of benzene rings is 2. The van der Waals surface area contributed by atoms with Crippen molar-refractivity contribution in [3.63, 3.8) is 0 Å². The molecule has 0 aromatic heterocycles. The Morgan fingerprint density at radius 2 is 1.71 bits per heavy atom. The molecule has 0 fully saturated rings. The highest BCUT2D eigenvalue weighted by atomic mass is 16.5. The van der Waals surface area contributed by atoms with Crippen LogP contribution in [-0.4, -0.2) is 32.1 Å². The number of rotatable bonds is 5. The lowest BCUT2D eigenvalue weighted by molar-refractivity contribution is 0.0784. The maximum absolute atomic E-state index is 12.4. The largest absolute Gasteiger partial charge is 0.493 e. The summed E-state index contributed by atoms with van der Waals surface area (Å²) in [7, 11) is 4.97. The van der Waals surface area contributed by atoms with Crippen LogP contribution in [0.2, 0.25) is 0 Å². The van der Waals surface area contributed by atoms with Gasteiger partial charge in [0.1, 0.15) is 0 Å². The van der Waals surface area contributed by atoms with Gasteiger partial charge in [-0.1, -0.05) is 30.3 Å². The monoisotopic (exact) mass is 285 g/mol. The smallest absolute Gasteiger partial charge is 0.253 e. The van der Waals surface area contributed by atoms with E-state index in [9.17, 15) is 4.79 Å². The van der Waals surface area contributed by atoms with Crippen molar-refractivity contribution in [2.24, 2.45) is 0 Å². The predicted octanol–water partition coefficient (Wildman–Crippen LogP) is 2.98. The fraction of sp³-hybridized carbons (Fsp3) is 0.235. The predicted molar refractivity (Wildman–Crippen MR) is 81.8 cm³/mol. The third kappa shape index (κ3) is 3.34. The number of carbonyl (C=O) groups excluding carboxylic acids is 1. The van der Waals surface area contributed by atoms with Crippen LogP contribution in [0.5, 0.6) is 11.5 Å². The Labute approximate surface area is 124 Å². The number of hydrogen-bond acceptors (Lipinski definition) is 3. The Hall–Kier alpha value is -2.49. The molecule has 0 bridgehead atoms. The molecule has 0 saturated carbocycles. The topological polar surface area (TPSA) is 38.8 Å². The number of para-hydroxylation sites is 1. The first-order chi connectivity index (χ1) is 10.2. The van der Waals surface area contributed by atoms with Gasteiger partial charge in [-0.15, -0.1) is 0 Å². The maximum Gasteiger partial charge on any atom is 0.253 e. The van der Waals surface area contributed by atoms with Gasteiger partial charge in [0.15, 0.2) is 11.5 Å². The van der Waals surface area contributed by atoms with E-state index in [1.54, 1.807) is 26.2 Å². The van der Waals surface area contributed by atoms with Crippen molar-refractivity contribution in [1.82, 2.24) is 4.90 Å². The summed E-state index contributed by atoms with van der Waals surface area (Å²) in [6.07, 6.45) is 0. The number of methoxy groups -OCH3 is 2. The first-order valence-corrected chi connectivity index (χ1v) is 6.67. The fourth-order valence-electron chi connectivity index (χ4n) is 2.21. The Morgan fingerprint density at radius 3 is 2.33 bits per heavy atom. The average molecular weight is 285 g/mol. The van der Waals surface area contributed by atoms with Crippen molar-refractivity contribution in [3.05, 3.63) is 59.7 Å². The molecule has 0 saturated heterocycles. The van der Waals surface area contributed by atoms with Crippen LogP contribution in [0.1, 0.15) is 15.9 Å². The highest BCUT2D eigenvalue weighted by Gasteiger charge is 2.15. The summed E-state index contributed by atoms with van der Waals surface area (Å²) in [5.74, 6) is 1.30. The Morgan fingerprint density at radius 1 is 1.00 bits per heavy atom. The highest BCUT2D eigenvalue weighted by Crippen LogP contribution is 2.31. The summed E-state index contributed by atoms with van der Waals surface area (Å²) in [5.41, 5.74) is 1.57. The second-order valence-electron chi connectivity index (χ2n) is 4.68. The molecule has 110 valence electrons. The lowest BCUT2D eigenvalue weighted by Gasteiger charge is -2.20. The zero-order valence-electron chi connectivity index (χ0n) is 12.5. The molecule has 0 radical (unpaired) electrons. The maximum atomic E-state index is 12.4. The van der Waals surface area contributed by atoms with Gasteiger partial charge in [0.2, 0.25) is 0 Å². The zero-order chi connectivity index (χ0) is 15.2. The lowest BCUT2D eigenvalue weighted by Crippen LogP contribution is -2.26. The molecular formula is C17H19NO3. The number of carbonyl (C=O) groups is 1. The van der Waals surface area contributed by atoms with E-state index < -0.39 is 0 Å². The Kier molecular flexibility index (Phi) is 4.82. The second-order valence-corrected chi connectivity index (χ2v) is 4.68. The fourth-order valence-corrected chi connectivity index (χ4v) is 2.21. The van der Waals surface area contributed by atoms with Crippen molar-refractivity contribution in [2.45, 2.75) is 6.54 Å². The summed E-state index contributed by atoms with van der Waals surface area (Å²) in [4.78, 5) is 14.0. The quantitative estimate of drug-likeness (QED) is 0.847. The minimum absolute atomic E-state index is 0.0273. The molecule has 1 amide bonds. The van der Waals surface area contributed by atoms with Crippen LogP contribution < -0.4 is 9.47 Å². The van der Waals surface area contributed by atoms with Crippen LogP contribution in [0.4, 0.5) is 0 Å². The van der Waals surface area contributed by atoms with Gasteiger partial charge >= 0.3 is 0 Å². The molecule has 0 aliphatic carbocycles. The van der Waals surface area contributed by atoms with Crippen LogP contribution in [0.3, 0.4) is 0 Å². The van der Waals surface area contributed by atoms with Crippen LogP contribution in [0, 0.1) is 0 Å². The minimum atomic E-state index is -0.0273. The van der Waals surface area contributed by atoms with Gasteiger partial charge < -0.3 is 14.4 Å². The first kappa shape index (κ1) is 14.9. The normalized spacial score (nSPS) is 10.0.